The van der Waals surface area contributed by atoms with Crippen molar-refractivity contribution in [2.45, 2.75) is 12.2 Å². The van der Waals surface area contributed by atoms with Crippen LogP contribution in [-0.4, -0.2) is 36.4 Å². The van der Waals surface area contributed by atoms with Gasteiger partial charge in [-0.1, -0.05) is 18.2 Å². The molecule has 3 rings (SSSR count). The number of alkyl halides is 3. The number of rotatable bonds is 6. The number of likely N-dealkylation sites (N-methyl/N-ethyl adjacent to an activating group) is 1. The minimum atomic E-state index is -4.42. The molecule has 3 aromatic rings. The van der Waals surface area contributed by atoms with Gasteiger partial charge in [0.15, 0.2) is 0 Å². The lowest BCUT2D eigenvalue weighted by atomic mass is 10.1. The molecule has 0 bridgehead atoms. The van der Waals surface area contributed by atoms with E-state index in [0.717, 1.165) is 28.3 Å². The number of carbonyl (C=O) groups is 1. The number of amides is 1. The highest BCUT2D eigenvalue weighted by molar-refractivity contribution is 7.13. The van der Waals surface area contributed by atoms with E-state index in [1.807, 2.05) is 36.5 Å². The van der Waals surface area contributed by atoms with Crippen LogP contribution in [0.4, 0.5) is 13.2 Å². The van der Waals surface area contributed by atoms with Crippen LogP contribution < -0.4 is 5.32 Å². The summed E-state index contributed by atoms with van der Waals surface area (Å²) >= 11 is 2.75. The Balaban J connectivity index is 1.71. The van der Waals surface area contributed by atoms with Crippen LogP contribution in [0.5, 0.6) is 0 Å². The second-order valence-corrected chi connectivity index (χ2v) is 8.16. The zero-order chi connectivity index (χ0) is 20.3. The van der Waals surface area contributed by atoms with Crippen LogP contribution in [-0.2, 0) is 6.18 Å². The molecular weight excluding hydrogens is 407 g/mol. The molecule has 1 amide bonds. The van der Waals surface area contributed by atoms with Crippen LogP contribution in [0.2, 0.25) is 0 Å². The van der Waals surface area contributed by atoms with Crippen LogP contribution in [0.25, 0.3) is 10.6 Å². The van der Waals surface area contributed by atoms with Crippen molar-refractivity contribution in [3.63, 3.8) is 0 Å². The molecule has 2 aromatic heterocycles. The quantitative estimate of drug-likeness (QED) is 0.610. The maximum atomic E-state index is 12.9. The van der Waals surface area contributed by atoms with Gasteiger partial charge in [0.05, 0.1) is 11.6 Å². The van der Waals surface area contributed by atoms with Gasteiger partial charge >= 0.3 is 6.18 Å². The highest BCUT2D eigenvalue weighted by Crippen LogP contribution is 2.33. The SMILES string of the molecule is CN(C)C(CNC(=O)c1csc(-c2cccc(C(F)(F)F)c2)n1)c1cccs1. The van der Waals surface area contributed by atoms with Gasteiger partial charge in [-0.25, -0.2) is 4.98 Å². The summed E-state index contributed by atoms with van der Waals surface area (Å²) in [5.41, 5.74) is -0.208. The van der Waals surface area contributed by atoms with E-state index in [-0.39, 0.29) is 17.6 Å². The molecule has 1 aromatic carbocycles. The summed E-state index contributed by atoms with van der Waals surface area (Å²) in [4.78, 5) is 19.8. The number of thiazole rings is 1. The first-order valence-corrected chi connectivity index (χ1v) is 10.1. The smallest absolute Gasteiger partial charge is 0.349 e. The molecule has 9 heteroatoms. The standard InChI is InChI=1S/C19H18F3N3OS2/c1-25(2)15(16-7-4-8-27-16)10-23-17(26)14-11-28-18(24-14)12-5-3-6-13(9-12)19(20,21)22/h3-9,11,15H,10H2,1-2H3,(H,23,26). The molecule has 1 N–H and O–H groups in total. The minimum absolute atomic E-state index is 0.0329. The van der Waals surface area contributed by atoms with Gasteiger partial charge in [0.25, 0.3) is 5.91 Å². The number of nitrogens with one attached hydrogen (secondary N) is 1. The van der Waals surface area contributed by atoms with Crippen LogP contribution >= 0.6 is 22.7 Å². The van der Waals surface area contributed by atoms with Gasteiger partial charge in [0.2, 0.25) is 0 Å². The third-order valence-corrected chi connectivity index (χ3v) is 5.99. The third kappa shape index (κ3) is 4.78. The molecule has 0 aliphatic carbocycles. The average molecular weight is 426 g/mol. The predicted octanol–water partition coefficient (Wildman–Crippen LogP) is 4.92. The van der Waals surface area contributed by atoms with Gasteiger partial charge in [-0.15, -0.1) is 22.7 Å². The summed E-state index contributed by atoms with van der Waals surface area (Å²) < 4.78 is 38.7. The van der Waals surface area contributed by atoms with Crippen molar-refractivity contribution in [3.8, 4) is 10.6 Å². The highest BCUT2D eigenvalue weighted by atomic mass is 32.1. The Kier molecular flexibility index (Phi) is 6.17. The molecular formula is C19H18F3N3OS2. The first-order valence-electron chi connectivity index (χ1n) is 8.37. The van der Waals surface area contributed by atoms with Crippen LogP contribution in [0.3, 0.4) is 0 Å². The normalized spacial score (nSPS) is 12.9. The molecule has 0 fully saturated rings. The molecule has 0 aliphatic rings. The molecule has 0 saturated carbocycles. The van der Waals surface area contributed by atoms with E-state index in [1.165, 1.54) is 6.07 Å². The monoisotopic (exact) mass is 425 g/mol. The molecule has 0 saturated heterocycles. The molecule has 4 nitrogen and oxygen atoms in total. The molecule has 28 heavy (non-hydrogen) atoms. The van der Waals surface area contributed by atoms with Crippen molar-refractivity contribution in [1.29, 1.82) is 0 Å². The molecule has 1 atom stereocenters. The average Bonchev–Trinajstić information content (AvgIpc) is 3.33. The number of halogens is 3. The number of aromatic nitrogens is 1. The molecule has 0 spiro atoms. The Hall–Kier alpha value is -2.23. The number of benzene rings is 1. The van der Waals surface area contributed by atoms with E-state index in [4.69, 9.17) is 0 Å². The topological polar surface area (TPSA) is 45.2 Å². The largest absolute Gasteiger partial charge is 0.416 e. The minimum Gasteiger partial charge on any atom is -0.349 e. The number of hydrogen-bond acceptors (Lipinski definition) is 5. The Labute approximate surface area is 168 Å². The number of carbonyl (C=O) groups excluding carboxylic acids is 1. The van der Waals surface area contributed by atoms with Crippen molar-refractivity contribution in [3.05, 3.63) is 63.3 Å². The maximum Gasteiger partial charge on any atom is 0.416 e. The van der Waals surface area contributed by atoms with Crippen molar-refractivity contribution in [2.24, 2.45) is 0 Å². The van der Waals surface area contributed by atoms with Crippen LogP contribution in [0.1, 0.15) is 27.0 Å². The van der Waals surface area contributed by atoms with Gasteiger partial charge in [0.1, 0.15) is 10.7 Å². The fourth-order valence-electron chi connectivity index (χ4n) is 2.64. The Morgan fingerprint density at radius 1 is 1.21 bits per heavy atom. The summed E-state index contributed by atoms with van der Waals surface area (Å²) in [6.45, 7) is 0.406. The highest BCUT2D eigenvalue weighted by Gasteiger charge is 2.30. The van der Waals surface area contributed by atoms with Gasteiger partial charge in [-0.3, -0.25) is 4.79 Å². The summed E-state index contributed by atoms with van der Waals surface area (Å²) in [5, 5.41) is 6.77. The van der Waals surface area contributed by atoms with Gasteiger partial charge in [-0.05, 0) is 37.7 Å². The van der Waals surface area contributed by atoms with Crippen molar-refractivity contribution < 1.29 is 18.0 Å². The summed E-state index contributed by atoms with van der Waals surface area (Å²) in [5.74, 6) is -0.349. The zero-order valence-corrected chi connectivity index (χ0v) is 16.8. The Morgan fingerprint density at radius 2 is 2.00 bits per heavy atom. The van der Waals surface area contributed by atoms with E-state index in [0.29, 0.717) is 17.1 Å². The first kappa shape index (κ1) is 20.5. The van der Waals surface area contributed by atoms with Gasteiger partial charge in [-0.2, -0.15) is 13.2 Å². The van der Waals surface area contributed by atoms with Crippen molar-refractivity contribution >= 4 is 28.6 Å². The maximum absolute atomic E-state index is 12.9. The van der Waals surface area contributed by atoms with E-state index in [1.54, 1.807) is 22.8 Å². The number of nitrogens with zero attached hydrogens (tertiary/aromatic N) is 2. The summed E-state index contributed by atoms with van der Waals surface area (Å²) in [6, 6.07) is 8.94. The predicted molar refractivity (Wildman–Crippen MR) is 106 cm³/mol. The van der Waals surface area contributed by atoms with Crippen LogP contribution in [0.15, 0.2) is 47.2 Å². The fraction of sp³-hybridized carbons (Fsp3) is 0.263. The molecule has 1 unspecified atom stereocenters. The van der Waals surface area contributed by atoms with E-state index in [2.05, 4.69) is 10.3 Å². The summed E-state index contributed by atoms with van der Waals surface area (Å²) in [6.07, 6.45) is -4.42. The second-order valence-electron chi connectivity index (χ2n) is 6.32. The first-order chi connectivity index (χ1) is 13.3. The lowest BCUT2D eigenvalue weighted by Crippen LogP contribution is -2.34. The lowest BCUT2D eigenvalue weighted by molar-refractivity contribution is -0.137. The lowest BCUT2D eigenvalue weighted by Gasteiger charge is -2.23. The van der Waals surface area contributed by atoms with E-state index in [9.17, 15) is 18.0 Å². The van der Waals surface area contributed by atoms with Crippen molar-refractivity contribution in [1.82, 2.24) is 15.2 Å². The number of hydrogen-bond donors (Lipinski definition) is 1. The molecule has 0 radical (unpaired) electrons. The van der Waals surface area contributed by atoms with Crippen LogP contribution in [0, 0.1) is 0 Å². The Bertz CT molecular complexity index is 936. The van der Waals surface area contributed by atoms with E-state index < -0.39 is 11.7 Å². The molecule has 0 aliphatic heterocycles. The summed E-state index contributed by atoms with van der Waals surface area (Å²) in [7, 11) is 3.87. The van der Waals surface area contributed by atoms with Crippen molar-refractivity contribution in [2.75, 3.05) is 20.6 Å². The van der Waals surface area contributed by atoms with Gasteiger partial charge < -0.3 is 10.2 Å². The molecule has 2 heterocycles. The molecule has 148 valence electrons. The Morgan fingerprint density at radius 3 is 2.64 bits per heavy atom. The van der Waals surface area contributed by atoms with Gasteiger partial charge in [0, 0.05) is 22.4 Å². The number of thiophene rings is 1. The van der Waals surface area contributed by atoms with E-state index >= 15 is 0 Å². The second kappa shape index (κ2) is 8.42. The fourth-order valence-corrected chi connectivity index (χ4v) is 4.36. The zero-order valence-electron chi connectivity index (χ0n) is 15.2. The third-order valence-electron chi connectivity index (χ3n) is 4.12.